The molecule has 7 nitrogen and oxygen atoms in total. The van der Waals surface area contributed by atoms with Crippen LogP contribution in [0.3, 0.4) is 0 Å². The van der Waals surface area contributed by atoms with E-state index in [0.717, 1.165) is 11.1 Å². The predicted octanol–water partition coefficient (Wildman–Crippen LogP) is 1.29. The van der Waals surface area contributed by atoms with E-state index in [1.54, 1.807) is 29.2 Å². The molecule has 2 aromatic carbocycles. The van der Waals surface area contributed by atoms with Crippen LogP contribution in [0.15, 0.2) is 48.5 Å². The summed E-state index contributed by atoms with van der Waals surface area (Å²) in [5, 5.41) is 5.52. The van der Waals surface area contributed by atoms with Gasteiger partial charge < -0.3 is 16.4 Å². The van der Waals surface area contributed by atoms with E-state index in [0.29, 0.717) is 30.8 Å². The first-order valence-electron chi connectivity index (χ1n) is 9.26. The van der Waals surface area contributed by atoms with Crippen LogP contribution >= 0.6 is 0 Å². The molecular formula is C21H24N4O3. The van der Waals surface area contributed by atoms with E-state index in [9.17, 15) is 14.4 Å². The van der Waals surface area contributed by atoms with Gasteiger partial charge in [-0.05, 0) is 42.7 Å². The van der Waals surface area contributed by atoms with Crippen molar-refractivity contribution >= 4 is 23.4 Å². The fourth-order valence-electron chi connectivity index (χ4n) is 3.41. The number of nitrogens with one attached hydrogen (secondary N) is 2. The van der Waals surface area contributed by atoms with Gasteiger partial charge >= 0.3 is 0 Å². The van der Waals surface area contributed by atoms with Crippen LogP contribution < -0.4 is 16.4 Å². The number of carbonyl (C=O) groups is 3. The van der Waals surface area contributed by atoms with Crippen molar-refractivity contribution in [2.75, 3.05) is 18.4 Å². The molecule has 0 saturated carbocycles. The van der Waals surface area contributed by atoms with Crippen LogP contribution in [0.2, 0.25) is 0 Å². The fraction of sp³-hybridized carbons (Fsp3) is 0.286. The smallest absolute Gasteiger partial charge is 0.251 e. The number of hydrogen-bond acceptors (Lipinski definition) is 4. The molecule has 1 heterocycles. The average Bonchev–Trinajstić information content (AvgIpc) is 2.67. The molecule has 0 radical (unpaired) electrons. The van der Waals surface area contributed by atoms with Crippen LogP contribution in [0, 0.1) is 0 Å². The number of anilines is 1. The van der Waals surface area contributed by atoms with Gasteiger partial charge in [-0.2, -0.15) is 0 Å². The Morgan fingerprint density at radius 2 is 1.86 bits per heavy atom. The molecule has 0 spiro atoms. The maximum atomic E-state index is 12.6. The van der Waals surface area contributed by atoms with E-state index in [1.807, 2.05) is 31.2 Å². The van der Waals surface area contributed by atoms with Crippen molar-refractivity contribution < 1.29 is 14.4 Å². The van der Waals surface area contributed by atoms with Gasteiger partial charge in [-0.25, -0.2) is 0 Å². The monoisotopic (exact) mass is 380 g/mol. The average molecular weight is 380 g/mol. The number of primary amides is 1. The molecule has 2 aromatic rings. The SMILES string of the molecule is CCNC(=O)c1cccc(NC(=O)CN2Cc3ccccc3C[C@H]2C(N)=O)c1. The zero-order valence-electron chi connectivity index (χ0n) is 15.8. The molecule has 3 rings (SSSR count). The van der Waals surface area contributed by atoms with Crippen LogP contribution in [-0.4, -0.2) is 41.8 Å². The molecule has 0 fully saturated rings. The quantitative estimate of drug-likeness (QED) is 0.702. The number of amides is 3. The maximum Gasteiger partial charge on any atom is 0.251 e. The highest BCUT2D eigenvalue weighted by Gasteiger charge is 2.31. The third-order valence-corrected chi connectivity index (χ3v) is 4.77. The second-order valence-corrected chi connectivity index (χ2v) is 6.78. The number of nitrogens with two attached hydrogens (primary N) is 1. The summed E-state index contributed by atoms with van der Waals surface area (Å²) in [5.41, 5.74) is 8.74. The largest absolute Gasteiger partial charge is 0.368 e. The number of rotatable bonds is 6. The summed E-state index contributed by atoms with van der Waals surface area (Å²) in [4.78, 5) is 38.2. The van der Waals surface area contributed by atoms with Gasteiger partial charge in [-0.15, -0.1) is 0 Å². The van der Waals surface area contributed by atoms with Crippen LogP contribution in [-0.2, 0) is 22.6 Å². The van der Waals surface area contributed by atoms with E-state index in [4.69, 9.17) is 5.73 Å². The third kappa shape index (κ3) is 4.55. The molecule has 7 heteroatoms. The van der Waals surface area contributed by atoms with Crippen LogP contribution in [0.5, 0.6) is 0 Å². The van der Waals surface area contributed by atoms with Gasteiger partial charge in [0.25, 0.3) is 5.91 Å². The topological polar surface area (TPSA) is 105 Å². The van der Waals surface area contributed by atoms with E-state index in [1.165, 1.54) is 0 Å². The van der Waals surface area contributed by atoms with Crippen LogP contribution in [0.1, 0.15) is 28.4 Å². The molecule has 0 aromatic heterocycles. The molecule has 0 saturated heterocycles. The molecular weight excluding hydrogens is 356 g/mol. The van der Waals surface area contributed by atoms with Gasteiger partial charge in [-0.1, -0.05) is 30.3 Å². The Labute approximate surface area is 163 Å². The highest BCUT2D eigenvalue weighted by molar-refractivity contribution is 5.97. The van der Waals surface area contributed by atoms with E-state index in [2.05, 4.69) is 10.6 Å². The van der Waals surface area contributed by atoms with E-state index < -0.39 is 11.9 Å². The highest BCUT2D eigenvalue weighted by atomic mass is 16.2. The third-order valence-electron chi connectivity index (χ3n) is 4.77. The molecule has 4 N–H and O–H groups in total. The Kier molecular flexibility index (Phi) is 6.06. The standard InChI is InChI=1S/C21H24N4O3/c1-2-23-21(28)15-8-5-9-17(10-15)24-19(26)13-25-12-16-7-4-3-6-14(16)11-18(25)20(22)27/h3-10,18H,2,11-13H2,1H3,(H2,22,27)(H,23,28)(H,24,26)/t18-/m0/s1. The van der Waals surface area contributed by atoms with Crippen molar-refractivity contribution in [3.05, 3.63) is 65.2 Å². The molecule has 0 aliphatic carbocycles. The summed E-state index contributed by atoms with van der Waals surface area (Å²) in [5.74, 6) is -0.903. The van der Waals surface area contributed by atoms with Crippen molar-refractivity contribution in [2.45, 2.75) is 25.9 Å². The number of hydrogen-bond donors (Lipinski definition) is 3. The first kappa shape index (κ1) is 19.6. The second-order valence-electron chi connectivity index (χ2n) is 6.78. The molecule has 0 bridgehead atoms. The molecule has 3 amide bonds. The first-order chi connectivity index (χ1) is 13.5. The lowest BCUT2D eigenvalue weighted by atomic mass is 9.93. The Balaban J connectivity index is 1.69. The Morgan fingerprint density at radius 3 is 2.57 bits per heavy atom. The van der Waals surface area contributed by atoms with E-state index >= 15 is 0 Å². The summed E-state index contributed by atoms with van der Waals surface area (Å²) < 4.78 is 0. The van der Waals surface area contributed by atoms with Crippen molar-refractivity contribution in [3.63, 3.8) is 0 Å². The highest BCUT2D eigenvalue weighted by Crippen LogP contribution is 2.23. The molecule has 1 aliphatic heterocycles. The molecule has 146 valence electrons. The number of nitrogens with zero attached hydrogens (tertiary/aromatic N) is 1. The second kappa shape index (κ2) is 8.67. The lowest BCUT2D eigenvalue weighted by molar-refractivity contribution is -0.125. The van der Waals surface area contributed by atoms with Crippen LogP contribution in [0.25, 0.3) is 0 Å². The summed E-state index contributed by atoms with van der Waals surface area (Å²) in [7, 11) is 0. The van der Waals surface area contributed by atoms with Gasteiger partial charge in [-0.3, -0.25) is 19.3 Å². The minimum absolute atomic E-state index is 0.0350. The van der Waals surface area contributed by atoms with Gasteiger partial charge in [0.15, 0.2) is 0 Å². The number of carbonyl (C=O) groups excluding carboxylic acids is 3. The lowest BCUT2D eigenvalue weighted by Crippen LogP contribution is -2.50. The van der Waals surface area contributed by atoms with Gasteiger partial charge in [0.05, 0.1) is 12.6 Å². The van der Waals surface area contributed by atoms with Crippen molar-refractivity contribution in [2.24, 2.45) is 5.73 Å². The zero-order chi connectivity index (χ0) is 20.1. The normalized spacial score (nSPS) is 16.1. The maximum absolute atomic E-state index is 12.6. The first-order valence-corrected chi connectivity index (χ1v) is 9.26. The summed E-state index contributed by atoms with van der Waals surface area (Å²) >= 11 is 0. The zero-order valence-corrected chi connectivity index (χ0v) is 15.8. The van der Waals surface area contributed by atoms with Gasteiger partial charge in [0, 0.05) is 24.3 Å². The molecule has 1 aliphatic rings. The molecule has 0 unspecified atom stereocenters. The summed E-state index contributed by atoms with van der Waals surface area (Å²) in [6.07, 6.45) is 0.492. The summed E-state index contributed by atoms with van der Waals surface area (Å²) in [6.45, 7) is 2.89. The fourth-order valence-corrected chi connectivity index (χ4v) is 3.41. The van der Waals surface area contributed by atoms with Crippen LogP contribution in [0.4, 0.5) is 5.69 Å². The van der Waals surface area contributed by atoms with Crippen molar-refractivity contribution in [3.8, 4) is 0 Å². The lowest BCUT2D eigenvalue weighted by Gasteiger charge is -2.34. The van der Waals surface area contributed by atoms with Crippen molar-refractivity contribution in [1.29, 1.82) is 0 Å². The Morgan fingerprint density at radius 1 is 1.11 bits per heavy atom. The minimum Gasteiger partial charge on any atom is -0.368 e. The number of fused-ring (bicyclic) bond motifs is 1. The van der Waals surface area contributed by atoms with Gasteiger partial charge in [0.2, 0.25) is 11.8 Å². The Hall–Kier alpha value is -3.19. The summed E-state index contributed by atoms with van der Waals surface area (Å²) in [6, 6.07) is 14.1. The molecule has 1 atom stereocenters. The predicted molar refractivity (Wildman–Crippen MR) is 107 cm³/mol. The van der Waals surface area contributed by atoms with E-state index in [-0.39, 0.29) is 18.4 Å². The van der Waals surface area contributed by atoms with Gasteiger partial charge in [0.1, 0.15) is 0 Å². The number of benzene rings is 2. The minimum atomic E-state index is -0.526. The van der Waals surface area contributed by atoms with Crippen molar-refractivity contribution in [1.82, 2.24) is 10.2 Å². The molecule has 28 heavy (non-hydrogen) atoms. The Bertz CT molecular complexity index is 897.